The highest BCUT2D eigenvalue weighted by Crippen LogP contribution is 2.36. The van der Waals surface area contributed by atoms with Crippen LogP contribution < -0.4 is 20.5 Å². The first-order chi connectivity index (χ1) is 23.5. The first-order valence-electron chi connectivity index (χ1n) is 17.6. The summed E-state index contributed by atoms with van der Waals surface area (Å²) in [7, 11) is 3.26. The Kier molecular flexibility index (Phi) is 17.3. The molecule has 1 aromatic carbocycles. The Morgan fingerprint density at radius 3 is 2.26 bits per heavy atom. The van der Waals surface area contributed by atoms with E-state index in [4.69, 9.17) is 34.2 Å². The van der Waals surface area contributed by atoms with Crippen molar-refractivity contribution in [1.29, 1.82) is 0 Å². The van der Waals surface area contributed by atoms with E-state index in [2.05, 4.69) is 19.2 Å². The van der Waals surface area contributed by atoms with Gasteiger partial charge >= 0.3 is 12.1 Å². The quantitative estimate of drug-likeness (QED) is 0.102. The van der Waals surface area contributed by atoms with Gasteiger partial charge in [-0.2, -0.15) is 0 Å². The predicted molar refractivity (Wildman–Crippen MR) is 188 cm³/mol. The van der Waals surface area contributed by atoms with E-state index in [-0.39, 0.29) is 42.9 Å². The molecule has 0 aromatic heterocycles. The molecule has 0 saturated carbocycles. The van der Waals surface area contributed by atoms with E-state index in [1.807, 2.05) is 32.0 Å². The summed E-state index contributed by atoms with van der Waals surface area (Å²) >= 11 is 0. The van der Waals surface area contributed by atoms with Crippen LogP contribution in [0.2, 0.25) is 0 Å². The van der Waals surface area contributed by atoms with Crippen LogP contribution in [0.4, 0.5) is 4.79 Å². The monoisotopic (exact) mass is 707 g/mol. The zero-order valence-corrected chi connectivity index (χ0v) is 31.7. The smallest absolute Gasteiger partial charge is 0.414 e. The summed E-state index contributed by atoms with van der Waals surface area (Å²) in [6.45, 7) is 15.6. The second-order valence-corrected chi connectivity index (χ2v) is 14.7. The molecule has 0 spiro atoms. The summed E-state index contributed by atoms with van der Waals surface area (Å²) < 4.78 is 33.4. The Bertz CT molecular complexity index is 1250. The van der Waals surface area contributed by atoms with Crippen molar-refractivity contribution in [3.8, 4) is 11.5 Å². The molecule has 1 heterocycles. The average molecular weight is 708 g/mol. The molecule has 13 heteroatoms. The van der Waals surface area contributed by atoms with Gasteiger partial charge in [0.1, 0.15) is 6.73 Å². The number of ether oxygens (including phenoxy) is 6. The van der Waals surface area contributed by atoms with Gasteiger partial charge in [-0.05, 0) is 68.6 Å². The van der Waals surface area contributed by atoms with Gasteiger partial charge in [0.05, 0.1) is 37.2 Å². The van der Waals surface area contributed by atoms with Crippen LogP contribution >= 0.6 is 0 Å². The maximum atomic E-state index is 13.5. The summed E-state index contributed by atoms with van der Waals surface area (Å²) in [5.41, 5.74) is 5.66. The fourth-order valence-electron chi connectivity index (χ4n) is 5.67. The lowest BCUT2D eigenvalue weighted by molar-refractivity contribution is -0.156. The van der Waals surface area contributed by atoms with Gasteiger partial charge in [0.2, 0.25) is 18.6 Å². The topological polar surface area (TPSA) is 165 Å². The molecular formula is C37H61N3O10. The first kappa shape index (κ1) is 42.6. The fraction of sp³-hybridized carbons (Fsp3) is 0.730. The number of carbonyl (C=O) groups excluding carboxylic acids is 4. The van der Waals surface area contributed by atoms with Gasteiger partial charge in [0.15, 0.2) is 11.5 Å². The number of amides is 3. The molecule has 4 unspecified atom stereocenters. The number of nitrogens with two attached hydrogens (primary N) is 1. The number of benzene rings is 1. The summed E-state index contributed by atoms with van der Waals surface area (Å²) in [6.07, 6.45) is 1.17. The average Bonchev–Trinajstić information content (AvgIpc) is 3.45. The SMILES string of the molecule is COCCCOc1cc(CC(CC2C(CC(C(=O)NCC(C)(C)C(N)=O)C(C)C)OCN2C(=O)OCOC(=O)C(C)C)C(C)C)ccc1OC. The van der Waals surface area contributed by atoms with E-state index in [1.54, 1.807) is 41.9 Å². The van der Waals surface area contributed by atoms with Gasteiger partial charge in [-0.3, -0.25) is 19.3 Å². The van der Waals surface area contributed by atoms with Crippen LogP contribution in [0.1, 0.15) is 80.2 Å². The Balaban J connectivity index is 2.34. The molecule has 0 radical (unpaired) electrons. The third kappa shape index (κ3) is 12.9. The van der Waals surface area contributed by atoms with E-state index in [1.165, 1.54) is 4.90 Å². The van der Waals surface area contributed by atoms with Gasteiger partial charge in [-0.25, -0.2) is 4.79 Å². The van der Waals surface area contributed by atoms with Crippen LogP contribution in [-0.2, 0) is 39.8 Å². The highest BCUT2D eigenvalue weighted by molar-refractivity contribution is 5.83. The molecule has 1 saturated heterocycles. The fourth-order valence-corrected chi connectivity index (χ4v) is 5.67. The van der Waals surface area contributed by atoms with Crippen molar-refractivity contribution in [2.24, 2.45) is 40.7 Å². The molecule has 4 atom stereocenters. The Morgan fingerprint density at radius 1 is 0.980 bits per heavy atom. The van der Waals surface area contributed by atoms with Crippen LogP contribution in [0.5, 0.6) is 11.5 Å². The third-order valence-electron chi connectivity index (χ3n) is 9.31. The van der Waals surface area contributed by atoms with E-state index in [9.17, 15) is 19.2 Å². The molecule has 50 heavy (non-hydrogen) atoms. The normalized spacial score (nSPS) is 17.5. The largest absolute Gasteiger partial charge is 0.493 e. The molecule has 1 fully saturated rings. The van der Waals surface area contributed by atoms with Crippen molar-refractivity contribution in [2.45, 2.75) is 93.2 Å². The minimum Gasteiger partial charge on any atom is -0.493 e. The van der Waals surface area contributed by atoms with Gasteiger partial charge < -0.3 is 39.5 Å². The molecule has 2 rings (SSSR count). The predicted octanol–water partition coefficient (Wildman–Crippen LogP) is 4.93. The molecule has 1 aliphatic rings. The second-order valence-electron chi connectivity index (χ2n) is 14.7. The van der Waals surface area contributed by atoms with Crippen LogP contribution in [0, 0.1) is 35.0 Å². The molecular weight excluding hydrogens is 646 g/mol. The first-order valence-corrected chi connectivity index (χ1v) is 17.6. The van der Waals surface area contributed by atoms with Crippen LogP contribution in [-0.4, -0.2) is 88.4 Å². The number of nitrogens with zero attached hydrogens (tertiary/aromatic N) is 1. The summed E-state index contributed by atoms with van der Waals surface area (Å²) in [4.78, 5) is 52.3. The van der Waals surface area contributed by atoms with Gasteiger partial charge in [-0.1, -0.05) is 47.6 Å². The summed E-state index contributed by atoms with van der Waals surface area (Å²) in [5, 5.41) is 2.91. The number of esters is 1. The maximum Gasteiger partial charge on any atom is 0.414 e. The number of hydrogen-bond acceptors (Lipinski definition) is 10. The van der Waals surface area contributed by atoms with E-state index >= 15 is 0 Å². The number of nitrogens with one attached hydrogen (secondary N) is 1. The molecule has 1 aromatic rings. The van der Waals surface area contributed by atoms with E-state index < -0.39 is 48.2 Å². The van der Waals surface area contributed by atoms with Crippen molar-refractivity contribution < 1.29 is 47.6 Å². The number of hydrogen-bond donors (Lipinski definition) is 2. The van der Waals surface area contributed by atoms with Crippen molar-refractivity contribution >= 4 is 23.9 Å². The maximum absolute atomic E-state index is 13.5. The standard InChI is InChI=1S/C37H61N3O10/c1-23(2)27(16-26-12-13-30(46-10)32(17-26)47-15-11-14-45-9)18-29-31(48-21-40(29)36(44)50-22-49-34(42)25(5)6)19-28(24(3)4)33(41)39-20-37(7,8)35(38)43/h12-13,17,23-25,27-29,31H,11,14-16,18-22H2,1-10H3,(H2,38,43)(H,39,41). The summed E-state index contributed by atoms with van der Waals surface area (Å²) in [5.74, 6) is -0.488. The minimum atomic E-state index is -0.913. The van der Waals surface area contributed by atoms with Crippen molar-refractivity contribution in [2.75, 3.05) is 47.5 Å². The van der Waals surface area contributed by atoms with Crippen LogP contribution in [0.3, 0.4) is 0 Å². The lowest BCUT2D eigenvalue weighted by Crippen LogP contribution is -2.47. The lowest BCUT2D eigenvalue weighted by atomic mass is 9.80. The molecule has 13 nitrogen and oxygen atoms in total. The molecule has 0 bridgehead atoms. The highest BCUT2D eigenvalue weighted by atomic mass is 16.7. The van der Waals surface area contributed by atoms with Crippen molar-refractivity contribution in [3.05, 3.63) is 23.8 Å². The van der Waals surface area contributed by atoms with E-state index in [0.29, 0.717) is 44.0 Å². The van der Waals surface area contributed by atoms with E-state index in [0.717, 1.165) is 12.0 Å². The number of methoxy groups -OCH3 is 2. The van der Waals surface area contributed by atoms with Gasteiger partial charge in [0.25, 0.3) is 0 Å². The van der Waals surface area contributed by atoms with Crippen molar-refractivity contribution in [3.63, 3.8) is 0 Å². The Labute approximate surface area is 298 Å². The second kappa shape index (κ2) is 20.3. The molecule has 3 amide bonds. The third-order valence-corrected chi connectivity index (χ3v) is 9.31. The Morgan fingerprint density at radius 2 is 1.68 bits per heavy atom. The molecule has 284 valence electrons. The van der Waals surface area contributed by atoms with Crippen LogP contribution in [0.25, 0.3) is 0 Å². The van der Waals surface area contributed by atoms with Gasteiger partial charge in [0, 0.05) is 32.6 Å². The molecule has 3 N–H and O–H groups in total. The van der Waals surface area contributed by atoms with Crippen molar-refractivity contribution in [1.82, 2.24) is 10.2 Å². The van der Waals surface area contributed by atoms with Gasteiger partial charge in [-0.15, -0.1) is 0 Å². The minimum absolute atomic E-state index is 0.0414. The molecule has 0 aliphatic carbocycles. The van der Waals surface area contributed by atoms with Crippen LogP contribution in [0.15, 0.2) is 18.2 Å². The summed E-state index contributed by atoms with van der Waals surface area (Å²) in [6, 6.07) is 5.47. The highest BCUT2D eigenvalue weighted by Gasteiger charge is 2.43. The number of carbonyl (C=O) groups is 4. The Hall–Kier alpha value is -3.58. The molecule has 1 aliphatic heterocycles. The zero-order valence-electron chi connectivity index (χ0n) is 31.7. The zero-order chi connectivity index (χ0) is 37.6. The number of rotatable bonds is 21. The lowest BCUT2D eigenvalue weighted by Gasteiger charge is -2.33. The number of primary amides is 1.